The molecule has 0 spiro atoms. The number of aryl methyl sites for hydroxylation is 1. The number of hydrogen-bond donors (Lipinski definition) is 1. The number of hydrogen-bond acceptors (Lipinski definition) is 7. The smallest absolute Gasteiger partial charge is 0.316 e. The second kappa shape index (κ2) is 9.56. The predicted molar refractivity (Wildman–Crippen MR) is 122 cm³/mol. The van der Waals surface area contributed by atoms with Crippen molar-refractivity contribution < 1.29 is 18.0 Å². The quantitative estimate of drug-likeness (QED) is 0.415. The molecule has 168 valence electrons. The zero-order valence-corrected chi connectivity index (χ0v) is 19.4. The van der Waals surface area contributed by atoms with Gasteiger partial charge in [-0.05, 0) is 48.8 Å². The number of halogens is 3. The Kier molecular flexibility index (Phi) is 6.75. The summed E-state index contributed by atoms with van der Waals surface area (Å²) in [4.78, 5) is 18.5. The standard InChI is InChI=1S/C22H15F3N4OS3/c23-22(24,25)15-8-16(18-6-3-7-31-18)28-20(14(15)10-27)32-11-19(30)29-21-13(9-26)12-4-1-2-5-17(12)33-21/h3,6-8H,1-2,4-5,11H2,(H,29,30). The summed E-state index contributed by atoms with van der Waals surface area (Å²) in [5.41, 5.74) is -0.155. The Hall–Kier alpha value is -2.86. The van der Waals surface area contributed by atoms with Gasteiger partial charge in [0.2, 0.25) is 5.91 Å². The van der Waals surface area contributed by atoms with E-state index in [1.165, 1.54) is 22.7 Å². The number of amides is 1. The van der Waals surface area contributed by atoms with Crippen LogP contribution < -0.4 is 5.32 Å². The number of thioether (sulfide) groups is 1. The molecule has 1 N–H and O–H groups in total. The van der Waals surface area contributed by atoms with Crippen molar-refractivity contribution in [2.45, 2.75) is 36.9 Å². The van der Waals surface area contributed by atoms with Crippen molar-refractivity contribution in [1.29, 1.82) is 10.5 Å². The maximum Gasteiger partial charge on any atom is 0.417 e. The highest BCUT2D eigenvalue weighted by molar-refractivity contribution is 8.00. The lowest BCUT2D eigenvalue weighted by Gasteiger charge is -2.13. The van der Waals surface area contributed by atoms with Gasteiger partial charge in [0.25, 0.3) is 0 Å². The van der Waals surface area contributed by atoms with Gasteiger partial charge < -0.3 is 5.32 Å². The number of nitrogens with zero attached hydrogens (tertiary/aromatic N) is 3. The maximum atomic E-state index is 13.6. The van der Waals surface area contributed by atoms with E-state index in [0.717, 1.165) is 54.0 Å². The molecular weight excluding hydrogens is 489 g/mol. The number of carbonyl (C=O) groups excluding carboxylic acids is 1. The first-order valence-corrected chi connectivity index (χ1v) is 12.5. The van der Waals surface area contributed by atoms with Gasteiger partial charge in [0.15, 0.2) is 0 Å². The zero-order valence-electron chi connectivity index (χ0n) is 17.0. The van der Waals surface area contributed by atoms with Crippen LogP contribution in [0.1, 0.15) is 40.0 Å². The normalized spacial score (nSPS) is 13.1. The molecule has 3 heterocycles. The van der Waals surface area contributed by atoms with Crippen LogP contribution in [0, 0.1) is 22.7 Å². The van der Waals surface area contributed by atoms with Crippen LogP contribution in [0.15, 0.2) is 28.6 Å². The summed E-state index contributed by atoms with van der Waals surface area (Å²) in [6.07, 6.45) is -1.05. The molecule has 0 aliphatic heterocycles. The predicted octanol–water partition coefficient (Wildman–Crippen LogP) is 6.24. The molecule has 3 aromatic heterocycles. The summed E-state index contributed by atoms with van der Waals surface area (Å²) in [6.45, 7) is 0. The van der Waals surface area contributed by atoms with Gasteiger partial charge in [-0.3, -0.25) is 4.79 Å². The van der Waals surface area contributed by atoms with E-state index in [4.69, 9.17) is 0 Å². The van der Waals surface area contributed by atoms with E-state index >= 15 is 0 Å². The topological polar surface area (TPSA) is 89.6 Å². The van der Waals surface area contributed by atoms with Gasteiger partial charge in [-0.1, -0.05) is 17.8 Å². The molecule has 0 atom stereocenters. The fourth-order valence-corrected chi connectivity index (χ4v) is 6.32. The highest BCUT2D eigenvalue weighted by Gasteiger charge is 2.36. The van der Waals surface area contributed by atoms with Crippen LogP contribution in [0.2, 0.25) is 0 Å². The maximum absolute atomic E-state index is 13.6. The van der Waals surface area contributed by atoms with Gasteiger partial charge in [0.05, 0.1) is 33.0 Å². The van der Waals surface area contributed by atoms with E-state index in [9.17, 15) is 28.5 Å². The largest absolute Gasteiger partial charge is 0.417 e. The fraction of sp³-hybridized carbons (Fsp3) is 0.273. The van der Waals surface area contributed by atoms with Crippen LogP contribution in [-0.2, 0) is 23.8 Å². The van der Waals surface area contributed by atoms with E-state index < -0.39 is 23.2 Å². The molecule has 0 saturated heterocycles. The van der Waals surface area contributed by atoms with Gasteiger partial charge in [-0.25, -0.2) is 4.98 Å². The Morgan fingerprint density at radius 3 is 2.64 bits per heavy atom. The van der Waals surface area contributed by atoms with Crippen molar-refractivity contribution in [2.24, 2.45) is 0 Å². The van der Waals surface area contributed by atoms with Gasteiger partial charge in [0, 0.05) is 4.88 Å². The molecule has 5 nitrogen and oxygen atoms in total. The second-order valence-corrected chi connectivity index (χ2v) is 10.2. The van der Waals surface area contributed by atoms with Crippen LogP contribution in [0.4, 0.5) is 18.2 Å². The lowest BCUT2D eigenvalue weighted by molar-refractivity contribution is -0.138. The van der Waals surface area contributed by atoms with Gasteiger partial charge in [-0.15, -0.1) is 22.7 Å². The first-order chi connectivity index (χ1) is 15.8. The van der Waals surface area contributed by atoms with E-state index in [0.29, 0.717) is 15.4 Å². The average molecular weight is 505 g/mol. The van der Waals surface area contributed by atoms with E-state index in [1.807, 2.05) is 0 Å². The second-order valence-electron chi connectivity index (χ2n) is 7.19. The Balaban J connectivity index is 1.59. The lowest BCUT2D eigenvalue weighted by atomic mass is 9.96. The van der Waals surface area contributed by atoms with Crippen molar-refractivity contribution in [3.05, 3.63) is 50.7 Å². The summed E-state index contributed by atoms with van der Waals surface area (Å²) < 4.78 is 40.9. The molecule has 3 aromatic rings. The van der Waals surface area contributed by atoms with Crippen molar-refractivity contribution in [3.63, 3.8) is 0 Å². The zero-order chi connectivity index (χ0) is 23.6. The summed E-state index contributed by atoms with van der Waals surface area (Å²) in [5.74, 6) is -0.726. The lowest BCUT2D eigenvalue weighted by Crippen LogP contribution is -2.15. The average Bonchev–Trinajstić information content (AvgIpc) is 3.44. The Labute approximate surface area is 199 Å². The summed E-state index contributed by atoms with van der Waals surface area (Å²) in [5, 5.41) is 23.7. The molecule has 11 heteroatoms. The molecule has 0 unspecified atom stereocenters. The van der Waals surface area contributed by atoms with Crippen molar-refractivity contribution >= 4 is 45.3 Å². The number of nitrogens with one attached hydrogen (secondary N) is 1. The minimum absolute atomic E-state index is 0.0944. The summed E-state index contributed by atoms with van der Waals surface area (Å²) >= 11 is 3.37. The third-order valence-corrected chi connectivity index (χ3v) is 8.13. The summed E-state index contributed by atoms with van der Waals surface area (Å²) in [7, 11) is 0. The third-order valence-electron chi connectivity index (χ3n) is 5.05. The molecule has 33 heavy (non-hydrogen) atoms. The van der Waals surface area contributed by atoms with Crippen LogP contribution >= 0.6 is 34.4 Å². The number of thiophene rings is 2. The first kappa shape index (κ1) is 23.3. The van der Waals surface area contributed by atoms with Gasteiger partial charge in [0.1, 0.15) is 22.2 Å². The van der Waals surface area contributed by atoms with Crippen molar-refractivity contribution in [2.75, 3.05) is 11.1 Å². The summed E-state index contributed by atoms with van der Waals surface area (Å²) in [6, 6.07) is 7.95. The number of anilines is 1. The number of rotatable bonds is 5. The van der Waals surface area contributed by atoms with Crippen molar-refractivity contribution in [1.82, 2.24) is 4.98 Å². The van der Waals surface area contributed by atoms with Crippen LogP contribution in [-0.4, -0.2) is 16.6 Å². The molecule has 1 aliphatic carbocycles. The number of aromatic nitrogens is 1. The number of pyridine rings is 1. The molecule has 0 aromatic carbocycles. The number of nitriles is 2. The van der Waals surface area contributed by atoms with Gasteiger partial charge >= 0.3 is 6.18 Å². The SMILES string of the molecule is N#Cc1c(C(F)(F)F)cc(-c2cccs2)nc1SCC(=O)Nc1sc2c(c1C#N)CCCC2. The van der Waals surface area contributed by atoms with Crippen molar-refractivity contribution in [3.8, 4) is 22.7 Å². The Bertz CT molecular complexity index is 1280. The number of carbonyl (C=O) groups is 1. The molecule has 1 amide bonds. The molecule has 0 bridgehead atoms. The third kappa shape index (κ3) is 4.91. The number of alkyl halides is 3. The molecule has 4 rings (SSSR count). The monoisotopic (exact) mass is 504 g/mol. The Morgan fingerprint density at radius 2 is 1.97 bits per heavy atom. The number of fused-ring (bicyclic) bond motifs is 1. The van der Waals surface area contributed by atoms with E-state index in [-0.39, 0.29) is 16.5 Å². The van der Waals surface area contributed by atoms with Crippen LogP contribution in [0.25, 0.3) is 10.6 Å². The highest BCUT2D eigenvalue weighted by Crippen LogP contribution is 2.40. The first-order valence-electron chi connectivity index (χ1n) is 9.85. The van der Waals surface area contributed by atoms with Crippen LogP contribution in [0.3, 0.4) is 0 Å². The minimum atomic E-state index is -4.74. The fourth-order valence-electron chi connectivity index (χ4n) is 3.58. The molecule has 0 fully saturated rings. The Morgan fingerprint density at radius 1 is 1.21 bits per heavy atom. The molecular formula is C22H15F3N4OS3. The minimum Gasteiger partial charge on any atom is -0.316 e. The van der Waals surface area contributed by atoms with Gasteiger partial charge in [-0.2, -0.15) is 23.7 Å². The highest BCUT2D eigenvalue weighted by atomic mass is 32.2. The van der Waals surface area contributed by atoms with E-state index in [2.05, 4.69) is 16.4 Å². The molecule has 1 aliphatic rings. The molecule has 0 radical (unpaired) electrons. The molecule has 0 saturated carbocycles. The van der Waals surface area contributed by atoms with Crippen LogP contribution in [0.5, 0.6) is 0 Å². The van der Waals surface area contributed by atoms with E-state index in [1.54, 1.807) is 23.6 Å².